The smallest absolute Gasteiger partial charge is 0.0719 e. The summed E-state index contributed by atoms with van der Waals surface area (Å²) < 4.78 is 4.03. The lowest BCUT2D eigenvalue weighted by atomic mass is 10.1. The summed E-state index contributed by atoms with van der Waals surface area (Å²) in [7, 11) is 0. The zero-order valence-electron chi connectivity index (χ0n) is 11.4. The van der Waals surface area contributed by atoms with Crippen LogP contribution < -0.4 is 0 Å². The lowest BCUT2D eigenvalue weighted by Gasteiger charge is -1.96. The molecule has 0 aromatic carbocycles. The van der Waals surface area contributed by atoms with E-state index >= 15 is 0 Å². The van der Waals surface area contributed by atoms with Gasteiger partial charge in [-0.1, -0.05) is 26.2 Å². The van der Waals surface area contributed by atoms with Crippen molar-refractivity contribution >= 4 is 59.3 Å². The number of aryl methyl sites for hydroxylation is 1. The molecule has 0 spiro atoms. The van der Waals surface area contributed by atoms with Crippen LogP contribution in [0.25, 0.3) is 19.2 Å². The Morgan fingerprint density at radius 2 is 1.80 bits per heavy atom. The molecule has 0 amide bonds. The predicted octanol–water partition coefficient (Wildman–Crippen LogP) is 7.58. The molecule has 0 aliphatic rings. The van der Waals surface area contributed by atoms with Crippen molar-refractivity contribution in [2.24, 2.45) is 0 Å². The molecule has 0 aliphatic heterocycles. The average molecular weight is 385 g/mol. The molecule has 0 N–H and O–H groups in total. The summed E-state index contributed by atoms with van der Waals surface area (Å²) in [5, 5.41) is 2.34. The summed E-state index contributed by atoms with van der Waals surface area (Å²) >= 11 is 9.18. The third-order valence-corrected chi connectivity index (χ3v) is 7.36. The summed E-state index contributed by atoms with van der Waals surface area (Å²) in [4.78, 5) is 2.85. The first kappa shape index (κ1) is 14.8. The molecule has 0 radical (unpaired) electrons. The number of thiophene rings is 3. The van der Waals surface area contributed by atoms with Gasteiger partial charge in [0.05, 0.1) is 3.79 Å². The Morgan fingerprint density at radius 3 is 2.60 bits per heavy atom. The van der Waals surface area contributed by atoms with Gasteiger partial charge in [0.25, 0.3) is 0 Å². The fraction of sp³-hybridized carbons (Fsp3) is 0.375. The maximum absolute atomic E-state index is 3.56. The van der Waals surface area contributed by atoms with E-state index in [9.17, 15) is 0 Å². The van der Waals surface area contributed by atoms with Crippen LogP contribution in [0, 0.1) is 0 Å². The van der Waals surface area contributed by atoms with Crippen molar-refractivity contribution in [2.75, 3.05) is 0 Å². The van der Waals surface area contributed by atoms with Crippen LogP contribution in [0.15, 0.2) is 27.4 Å². The number of unbranched alkanes of at least 4 members (excludes halogenated alkanes) is 3. The quantitative estimate of drug-likeness (QED) is 0.384. The number of hydrogen-bond acceptors (Lipinski definition) is 3. The zero-order chi connectivity index (χ0) is 13.9. The molecule has 3 aromatic rings. The molecule has 20 heavy (non-hydrogen) atoms. The molecule has 0 fully saturated rings. The molecule has 3 aromatic heterocycles. The first-order valence-electron chi connectivity index (χ1n) is 7.03. The molecule has 3 rings (SSSR count). The average Bonchev–Trinajstić information content (AvgIpc) is 3.08. The molecular weight excluding hydrogens is 368 g/mol. The number of fused-ring (bicyclic) bond motifs is 1. The molecule has 3 heterocycles. The van der Waals surface area contributed by atoms with Crippen molar-refractivity contribution in [3.05, 3.63) is 32.9 Å². The fourth-order valence-corrected chi connectivity index (χ4v) is 6.38. The van der Waals surface area contributed by atoms with Crippen molar-refractivity contribution in [1.29, 1.82) is 0 Å². The Hall–Kier alpha value is -0.160. The van der Waals surface area contributed by atoms with Gasteiger partial charge in [-0.15, -0.1) is 34.0 Å². The van der Waals surface area contributed by atoms with Crippen molar-refractivity contribution in [3.8, 4) is 9.75 Å². The second-order valence-electron chi connectivity index (χ2n) is 5.02. The van der Waals surface area contributed by atoms with Crippen LogP contribution >= 0.6 is 49.9 Å². The Morgan fingerprint density at radius 1 is 0.950 bits per heavy atom. The Labute approximate surface area is 140 Å². The Bertz CT molecular complexity index is 658. The van der Waals surface area contributed by atoms with E-state index in [0.29, 0.717) is 0 Å². The van der Waals surface area contributed by atoms with Crippen LogP contribution in [0.1, 0.15) is 38.2 Å². The summed E-state index contributed by atoms with van der Waals surface area (Å²) in [6.45, 7) is 2.27. The van der Waals surface area contributed by atoms with Gasteiger partial charge < -0.3 is 0 Å². The van der Waals surface area contributed by atoms with Gasteiger partial charge in [-0.2, -0.15) is 0 Å². The molecular formula is C16H17BrS3. The Kier molecular flexibility index (Phi) is 4.97. The molecule has 0 unspecified atom stereocenters. The minimum absolute atomic E-state index is 1.23. The second-order valence-corrected chi connectivity index (χ2v) is 9.48. The molecule has 0 bridgehead atoms. The highest BCUT2D eigenvalue weighted by atomic mass is 79.9. The standard InChI is InChI=1S/C16H17BrS3/c1-2-3-4-5-6-11-7-12(18-10-11)13-8-14-15(19-13)9-16(17)20-14/h7-10H,2-6H2,1H3. The maximum Gasteiger partial charge on any atom is 0.0719 e. The van der Waals surface area contributed by atoms with Crippen LogP contribution in [0.2, 0.25) is 0 Å². The highest BCUT2D eigenvalue weighted by molar-refractivity contribution is 9.11. The van der Waals surface area contributed by atoms with E-state index in [1.165, 1.54) is 60.6 Å². The van der Waals surface area contributed by atoms with Crippen molar-refractivity contribution in [3.63, 3.8) is 0 Å². The van der Waals surface area contributed by atoms with Crippen LogP contribution in [0.5, 0.6) is 0 Å². The minimum Gasteiger partial charge on any atom is -0.143 e. The van der Waals surface area contributed by atoms with Gasteiger partial charge in [0, 0.05) is 19.2 Å². The van der Waals surface area contributed by atoms with Crippen LogP contribution in [-0.4, -0.2) is 0 Å². The van der Waals surface area contributed by atoms with E-state index in [2.05, 4.69) is 46.4 Å². The topological polar surface area (TPSA) is 0 Å². The molecule has 0 atom stereocenters. The van der Waals surface area contributed by atoms with E-state index in [1.54, 1.807) is 0 Å². The van der Waals surface area contributed by atoms with Gasteiger partial charge in [0.2, 0.25) is 0 Å². The number of hydrogen-bond donors (Lipinski definition) is 0. The van der Waals surface area contributed by atoms with Gasteiger partial charge in [0.15, 0.2) is 0 Å². The van der Waals surface area contributed by atoms with Crippen molar-refractivity contribution in [1.82, 2.24) is 0 Å². The van der Waals surface area contributed by atoms with Gasteiger partial charge in [-0.3, -0.25) is 0 Å². The van der Waals surface area contributed by atoms with Crippen LogP contribution in [-0.2, 0) is 6.42 Å². The molecule has 4 heteroatoms. The molecule has 0 saturated heterocycles. The first-order chi connectivity index (χ1) is 9.76. The lowest BCUT2D eigenvalue weighted by Crippen LogP contribution is -1.81. The minimum atomic E-state index is 1.23. The normalized spacial score (nSPS) is 11.5. The van der Waals surface area contributed by atoms with E-state index in [-0.39, 0.29) is 0 Å². The van der Waals surface area contributed by atoms with Crippen LogP contribution in [0.3, 0.4) is 0 Å². The predicted molar refractivity (Wildman–Crippen MR) is 98.6 cm³/mol. The molecule has 106 valence electrons. The van der Waals surface area contributed by atoms with E-state index in [0.717, 1.165) is 0 Å². The van der Waals surface area contributed by atoms with Crippen molar-refractivity contribution < 1.29 is 0 Å². The molecule has 0 nitrogen and oxygen atoms in total. The van der Waals surface area contributed by atoms with E-state index < -0.39 is 0 Å². The highest BCUT2D eigenvalue weighted by Gasteiger charge is 2.09. The van der Waals surface area contributed by atoms with Gasteiger partial charge in [-0.25, -0.2) is 0 Å². The van der Waals surface area contributed by atoms with Gasteiger partial charge >= 0.3 is 0 Å². The first-order valence-corrected chi connectivity index (χ1v) is 10.3. The zero-order valence-corrected chi connectivity index (χ0v) is 15.5. The number of halogens is 1. The Balaban J connectivity index is 1.70. The second kappa shape index (κ2) is 6.73. The summed E-state index contributed by atoms with van der Waals surface area (Å²) in [5.41, 5.74) is 1.51. The van der Waals surface area contributed by atoms with Gasteiger partial charge in [-0.05, 0) is 57.9 Å². The lowest BCUT2D eigenvalue weighted by molar-refractivity contribution is 0.667. The molecule has 0 saturated carbocycles. The SMILES string of the molecule is CCCCCCc1csc(-c2cc3sc(Br)cc3s2)c1. The van der Waals surface area contributed by atoms with E-state index in [4.69, 9.17) is 0 Å². The molecule has 0 aliphatic carbocycles. The summed E-state index contributed by atoms with van der Waals surface area (Å²) in [6, 6.07) is 6.95. The van der Waals surface area contributed by atoms with Crippen LogP contribution in [0.4, 0.5) is 0 Å². The highest BCUT2D eigenvalue weighted by Crippen LogP contribution is 2.41. The fourth-order valence-electron chi connectivity index (χ4n) is 2.32. The summed E-state index contributed by atoms with van der Waals surface area (Å²) in [6.07, 6.45) is 6.62. The maximum atomic E-state index is 3.56. The third-order valence-electron chi connectivity index (χ3n) is 3.39. The number of rotatable bonds is 6. The van der Waals surface area contributed by atoms with Crippen molar-refractivity contribution in [2.45, 2.75) is 39.0 Å². The largest absolute Gasteiger partial charge is 0.143 e. The van der Waals surface area contributed by atoms with E-state index in [1.807, 2.05) is 34.0 Å². The summed E-state index contributed by atoms with van der Waals surface area (Å²) in [5.74, 6) is 0. The van der Waals surface area contributed by atoms with Gasteiger partial charge in [0.1, 0.15) is 0 Å². The third kappa shape index (κ3) is 3.35. The monoisotopic (exact) mass is 384 g/mol.